The van der Waals surface area contributed by atoms with Gasteiger partial charge in [-0.2, -0.15) is 10.4 Å². The third-order valence-corrected chi connectivity index (χ3v) is 3.70. The number of nitriles is 1. The Hall–Kier alpha value is -2.68. The number of carbonyl (C=O) groups excluding carboxylic acids is 2. The van der Waals surface area contributed by atoms with Gasteiger partial charge in [-0.25, -0.2) is 5.43 Å². The van der Waals surface area contributed by atoms with E-state index in [2.05, 4.69) is 21.9 Å². The number of hydrazone groups is 1. The van der Waals surface area contributed by atoms with Crippen molar-refractivity contribution in [2.45, 2.75) is 45.4 Å². The number of carbonyl (C=O) groups is 2. The van der Waals surface area contributed by atoms with Gasteiger partial charge in [-0.05, 0) is 49.8 Å². The van der Waals surface area contributed by atoms with Gasteiger partial charge in [-0.15, -0.1) is 0 Å². The lowest BCUT2D eigenvalue weighted by molar-refractivity contribution is -0.120. The lowest BCUT2D eigenvalue weighted by Crippen LogP contribution is -2.21. The highest BCUT2D eigenvalue weighted by molar-refractivity contribution is 6.06. The Bertz CT molecular complexity index is 674. The van der Waals surface area contributed by atoms with Crippen LogP contribution in [0.25, 0.3) is 0 Å². The van der Waals surface area contributed by atoms with Gasteiger partial charge in [-0.1, -0.05) is 12.1 Å². The van der Waals surface area contributed by atoms with Gasteiger partial charge in [-0.3, -0.25) is 9.59 Å². The number of hydrogen-bond acceptors (Lipinski definition) is 4. The summed E-state index contributed by atoms with van der Waals surface area (Å²) < 4.78 is 0. The summed E-state index contributed by atoms with van der Waals surface area (Å²) in [6, 6.07) is 7.73. The zero-order valence-electron chi connectivity index (χ0n) is 13.2. The van der Waals surface area contributed by atoms with Crippen molar-refractivity contribution < 1.29 is 9.59 Å². The van der Waals surface area contributed by atoms with Crippen LogP contribution in [0.4, 0.5) is 5.69 Å². The minimum absolute atomic E-state index is 0.0938. The Morgan fingerprint density at radius 3 is 2.83 bits per heavy atom. The van der Waals surface area contributed by atoms with Gasteiger partial charge in [0, 0.05) is 11.4 Å². The summed E-state index contributed by atoms with van der Waals surface area (Å²) in [7, 11) is 0. The first-order valence-electron chi connectivity index (χ1n) is 7.69. The number of aryl methyl sites for hydroxylation is 1. The van der Waals surface area contributed by atoms with Crippen molar-refractivity contribution in [3.63, 3.8) is 0 Å². The molecule has 120 valence electrons. The number of benzene rings is 1. The highest BCUT2D eigenvalue weighted by atomic mass is 16.2. The van der Waals surface area contributed by atoms with Gasteiger partial charge in [0.05, 0.1) is 12.5 Å². The first kappa shape index (κ1) is 16.7. The Labute approximate surface area is 135 Å². The van der Waals surface area contributed by atoms with Gasteiger partial charge in [0.15, 0.2) is 0 Å². The summed E-state index contributed by atoms with van der Waals surface area (Å²) in [5, 5.41) is 15.1. The first-order valence-corrected chi connectivity index (χ1v) is 7.69. The van der Waals surface area contributed by atoms with Crippen LogP contribution in [0.1, 0.15) is 43.7 Å². The molecule has 1 aliphatic rings. The molecule has 0 fully saturated rings. The van der Waals surface area contributed by atoms with Crippen LogP contribution in [-0.2, 0) is 22.4 Å². The van der Waals surface area contributed by atoms with Crippen LogP contribution in [0, 0.1) is 11.3 Å². The smallest absolute Gasteiger partial charge is 0.254 e. The Morgan fingerprint density at radius 1 is 1.26 bits per heavy atom. The first-order chi connectivity index (χ1) is 11.1. The predicted molar refractivity (Wildman–Crippen MR) is 87.8 cm³/mol. The van der Waals surface area contributed by atoms with Crippen molar-refractivity contribution in [2.75, 3.05) is 5.32 Å². The molecule has 0 aliphatic heterocycles. The maximum absolute atomic E-state index is 12.1. The van der Waals surface area contributed by atoms with Gasteiger partial charge >= 0.3 is 0 Å². The Morgan fingerprint density at radius 2 is 2.04 bits per heavy atom. The maximum Gasteiger partial charge on any atom is 0.254 e. The van der Waals surface area contributed by atoms with E-state index < -0.39 is 5.91 Å². The molecule has 2 amide bonds. The van der Waals surface area contributed by atoms with Gasteiger partial charge in [0.25, 0.3) is 5.91 Å². The van der Waals surface area contributed by atoms with E-state index in [9.17, 15) is 9.59 Å². The molecule has 1 aromatic carbocycles. The van der Waals surface area contributed by atoms with Crippen LogP contribution in [0.3, 0.4) is 0 Å². The van der Waals surface area contributed by atoms with Gasteiger partial charge in [0.1, 0.15) is 6.42 Å². The van der Waals surface area contributed by atoms with Crippen molar-refractivity contribution in [1.29, 1.82) is 5.26 Å². The Balaban J connectivity index is 1.94. The summed E-state index contributed by atoms with van der Waals surface area (Å²) >= 11 is 0. The third-order valence-electron chi connectivity index (χ3n) is 3.70. The third kappa shape index (κ3) is 4.92. The predicted octanol–water partition coefficient (Wildman–Crippen LogP) is 2.30. The van der Waals surface area contributed by atoms with Gasteiger partial charge < -0.3 is 5.32 Å². The number of hydrogen-bond donors (Lipinski definition) is 2. The van der Waals surface area contributed by atoms with Crippen molar-refractivity contribution >= 4 is 23.2 Å². The SMILES string of the molecule is CC(CC(=O)Nc1cccc2c1CCCC2)=NNC(=O)CC#N. The Kier molecular flexibility index (Phi) is 5.87. The molecule has 2 N–H and O–H groups in total. The monoisotopic (exact) mass is 312 g/mol. The average Bonchev–Trinajstić information content (AvgIpc) is 2.53. The number of amides is 2. The second kappa shape index (κ2) is 8.08. The van der Waals surface area contributed by atoms with Crippen LogP contribution in [0.15, 0.2) is 23.3 Å². The molecular weight excluding hydrogens is 292 g/mol. The number of rotatable bonds is 5. The fourth-order valence-corrected chi connectivity index (χ4v) is 2.63. The molecule has 0 atom stereocenters. The van der Waals surface area contributed by atoms with Gasteiger partial charge in [0.2, 0.25) is 5.91 Å². The van der Waals surface area contributed by atoms with E-state index >= 15 is 0 Å². The molecule has 0 heterocycles. The molecule has 0 saturated heterocycles. The largest absolute Gasteiger partial charge is 0.325 e. The molecule has 23 heavy (non-hydrogen) atoms. The maximum atomic E-state index is 12.1. The topological polar surface area (TPSA) is 94.3 Å². The molecule has 2 rings (SSSR count). The van der Waals surface area contributed by atoms with Crippen LogP contribution in [0.2, 0.25) is 0 Å². The molecular formula is C17H20N4O2. The molecule has 0 spiro atoms. The van der Waals surface area contributed by atoms with Crippen LogP contribution >= 0.6 is 0 Å². The molecule has 1 aromatic rings. The summed E-state index contributed by atoms with van der Waals surface area (Å²) in [4.78, 5) is 23.3. The van der Waals surface area contributed by atoms with E-state index in [4.69, 9.17) is 5.26 Å². The van der Waals surface area contributed by atoms with Crippen LogP contribution < -0.4 is 10.7 Å². The zero-order valence-corrected chi connectivity index (χ0v) is 13.2. The van der Waals surface area contributed by atoms with Crippen molar-refractivity contribution in [3.8, 4) is 6.07 Å². The lowest BCUT2D eigenvalue weighted by Gasteiger charge is -2.19. The summed E-state index contributed by atoms with van der Waals surface area (Å²) in [6.07, 6.45) is 4.23. The minimum atomic E-state index is -0.482. The fraction of sp³-hybridized carbons (Fsp3) is 0.412. The minimum Gasteiger partial charge on any atom is -0.325 e. The summed E-state index contributed by atoms with van der Waals surface area (Å²) in [5.41, 5.74) is 6.14. The summed E-state index contributed by atoms with van der Waals surface area (Å²) in [6.45, 7) is 1.66. The molecule has 0 aromatic heterocycles. The zero-order chi connectivity index (χ0) is 16.7. The molecule has 1 aliphatic carbocycles. The molecule has 6 nitrogen and oxygen atoms in total. The second-order valence-corrected chi connectivity index (χ2v) is 5.59. The molecule has 6 heteroatoms. The highest BCUT2D eigenvalue weighted by Gasteiger charge is 2.14. The fourth-order valence-electron chi connectivity index (χ4n) is 2.63. The van der Waals surface area contributed by atoms with Crippen LogP contribution in [-0.4, -0.2) is 17.5 Å². The van der Waals surface area contributed by atoms with E-state index in [1.807, 2.05) is 12.1 Å². The number of fused-ring (bicyclic) bond motifs is 1. The van der Waals surface area contributed by atoms with E-state index in [-0.39, 0.29) is 18.7 Å². The van der Waals surface area contributed by atoms with E-state index in [1.54, 1.807) is 13.0 Å². The van der Waals surface area contributed by atoms with E-state index in [0.717, 1.165) is 24.9 Å². The summed E-state index contributed by atoms with van der Waals surface area (Å²) in [5.74, 6) is -0.649. The quantitative estimate of drug-likeness (QED) is 0.645. The molecule has 0 radical (unpaired) electrons. The molecule has 0 bridgehead atoms. The van der Waals surface area contributed by atoms with E-state index in [1.165, 1.54) is 17.5 Å². The highest BCUT2D eigenvalue weighted by Crippen LogP contribution is 2.27. The average molecular weight is 312 g/mol. The van der Waals surface area contributed by atoms with E-state index in [0.29, 0.717) is 5.71 Å². The number of anilines is 1. The lowest BCUT2D eigenvalue weighted by atomic mass is 9.90. The molecule has 0 saturated carbocycles. The molecule has 0 unspecified atom stereocenters. The second-order valence-electron chi connectivity index (χ2n) is 5.59. The van der Waals surface area contributed by atoms with Crippen molar-refractivity contribution in [1.82, 2.24) is 5.43 Å². The number of nitrogens with one attached hydrogen (secondary N) is 2. The van der Waals surface area contributed by atoms with Crippen molar-refractivity contribution in [3.05, 3.63) is 29.3 Å². The van der Waals surface area contributed by atoms with Crippen LogP contribution in [0.5, 0.6) is 0 Å². The van der Waals surface area contributed by atoms with Crippen molar-refractivity contribution in [2.24, 2.45) is 5.10 Å². The normalized spacial score (nSPS) is 13.7. The number of nitrogens with zero attached hydrogens (tertiary/aromatic N) is 2. The standard InChI is InChI=1S/C17H20N4O2/c1-12(20-21-16(22)9-10-18)11-17(23)19-15-8-4-6-13-5-2-3-7-14(13)15/h4,6,8H,2-3,5,7,9,11H2,1H3,(H,19,23)(H,21,22).